The van der Waals surface area contributed by atoms with Crippen LogP contribution in [0.3, 0.4) is 0 Å². The first-order valence-electron chi connectivity index (χ1n) is 6.81. The first-order chi connectivity index (χ1) is 7.97. The third-order valence-electron chi connectivity index (χ3n) is 3.99. The van der Waals surface area contributed by atoms with Crippen molar-refractivity contribution in [2.75, 3.05) is 0 Å². The Hall–Kier alpha value is -0.820. The third-order valence-corrected chi connectivity index (χ3v) is 3.99. The molecule has 0 amide bonds. The molecule has 1 aromatic carbocycles. The summed E-state index contributed by atoms with van der Waals surface area (Å²) in [6.07, 6.45) is 4.71. The van der Waals surface area contributed by atoms with E-state index in [0.717, 1.165) is 18.3 Å². The van der Waals surface area contributed by atoms with Crippen LogP contribution in [0.4, 0.5) is 0 Å². The summed E-state index contributed by atoms with van der Waals surface area (Å²) in [5, 5.41) is 0. The SMILES string of the molecule is Cc1ccc(CC2(N)CC(C)CC(C)C2)cc1. The zero-order valence-electron chi connectivity index (χ0n) is 11.4. The minimum absolute atomic E-state index is 0.0202. The summed E-state index contributed by atoms with van der Waals surface area (Å²) >= 11 is 0. The minimum Gasteiger partial charge on any atom is -0.325 e. The van der Waals surface area contributed by atoms with Gasteiger partial charge in [-0.1, -0.05) is 43.7 Å². The fourth-order valence-electron chi connectivity index (χ4n) is 3.58. The van der Waals surface area contributed by atoms with E-state index < -0.39 is 0 Å². The number of hydrogen-bond donors (Lipinski definition) is 1. The van der Waals surface area contributed by atoms with Crippen molar-refractivity contribution < 1.29 is 0 Å². The normalized spacial score (nSPS) is 33.6. The lowest BCUT2D eigenvalue weighted by Crippen LogP contribution is -2.48. The molecule has 0 bridgehead atoms. The van der Waals surface area contributed by atoms with E-state index in [-0.39, 0.29) is 5.54 Å². The number of aryl methyl sites for hydroxylation is 1. The van der Waals surface area contributed by atoms with E-state index in [1.165, 1.54) is 30.4 Å². The summed E-state index contributed by atoms with van der Waals surface area (Å²) < 4.78 is 0. The molecule has 0 spiro atoms. The Morgan fingerprint density at radius 2 is 1.65 bits per heavy atom. The van der Waals surface area contributed by atoms with Crippen molar-refractivity contribution in [3.63, 3.8) is 0 Å². The van der Waals surface area contributed by atoms with Crippen LogP contribution in [0.25, 0.3) is 0 Å². The van der Waals surface area contributed by atoms with Crippen LogP contribution in [0.5, 0.6) is 0 Å². The third kappa shape index (κ3) is 3.32. The van der Waals surface area contributed by atoms with E-state index >= 15 is 0 Å². The van der Waals surface area contributed by atoms with E-state index in [9.17, 15) is 0 Å². The second-order valence-electron chi connectivity index (χ2n) is 6.38. The highest BCUT2D eigenvalue weighted by atomic mass is 14.7. The summed E-state index contributed by atoms with van der Waals surface area (Å²) in [6.45, 7) is 6.81. The van der Waals surface area contributed by atoms with Crippen molar-refractivity contribution in [2.45, 2.75) is 52.0 Å². The Morgan fingerprint density at radius 1 is 1.12 bits per heavy atom. The average molecular weight is 231 g/mol. The highest BCUT2D eigenvalue weighted by Gasteiger charge is 2.34. The summed E-state index contributed by atoms with van der Waals surface area (Å²) in [4.78, 5) is 0. The van der Waals surface area contributed by atoms with Crippen LogP contribution >= 0.6 is 0 Å². The summed E-state index contributed by atoms with van der Waals surface area (Å²) in [5.74, 6) is 1.54. The molecule has 1 saturated carbocycles. The van der Waals surface area contributed by atoms with Gasteiger partial charge < -0.3 is 5.73 Å². The van der Waals surface area contributed by atoms with Crippen molar-refractivity contribution in [1.82, 2.24) is 0 Å². The van der Waals surface area contributed by atoms with E-state index in [2.05, 4.69) is 45.0 Å². The zero-order chi connectivity index (χ0) is 12.5. The lowest BCUT2D eigenvalue weighted by molar-refractivity contribution is 0.182. The fraction of sp³-hybridized carbons (Fsp3) is 0.625. The molecule has 1 aromatic rings. The summed E-state index contributed by atoms with van der Waals surface area (Å²) in [6, 6.07) is 8.84. The lowest BCUT2D eigenvalue weighted by Gasteiger charge is -2.40. The average Bonchev–Trinajstić information content (AvgIpc) is 2.19. The predicted octanol–water partition coefficient (Wildman–Crippen LogP) is 3.69. The molecule has 17 heavy (non-hydrogen) atoms. The van der Waals surface area contributed by atoms with Gasteiger partial charge in [-0.3, -0.25) is 0 Å². The molecule has 1 aliphatic rings. The van der Waals surface area contributed by atoms with Crippen LogP contribution < -0.4 is 5.73 Å². The number of rotatable bonds is 2. The van der Waals surface area contributed by atoms with Crippen molar-refractivity contribution >= 4 is 0 Å². The quantitative estimate of drug-likeness (QED) is 0.825. The molecule has 0 saturated heterocycles. The van der Waals surface area contributed by atoms with E-state index in [1.807, 2.05) is 0 Å². The van der Waals surface area contributed by atoms with Gasteiger partial charge in [-0.2, -0.15) is 0 Å². The van der Waals surface area contributed by atoms with Gasteiger partial charge in [0.25, 0.3) is 0 Å². The topological polar surface area (TPSA) is 26.0 Å². The Labute approximate surface area is 105 Å². The summed E-state index contributed by atoms with van der Waals surface area (Å²) in [5.41, 5.74) is 9.34. The van der Waals surface area contributed by atoms with E-state index in [0.29, 0.717) is 0 Å². The molecule has 1 aliphatic carbocycles. The molecule has 1 fully saturated rings. The highest BCUT2D eigenvalue weighted by molar-refractivity contribution is 5.23. The first kappa shape index (κ1) is 12.6. The van der Waals surface area contributed by atoms with E-state index in [4.69, 9.17) is 5.73 Å². The van der Waals surface area contributed by atoms with Gasteiger partial charge in [0.15, 0.2) is 0 Å². The Morgan fingerprint density at radius 3 is 2.18 bits per heavy atom. The zero-order valence-corrected chi connectivity index (χ0v) is 11.4. The molecule has 0 aromatic heterocycles. The molecule has 2 atom stereocenters. The van der Waals surface area contributed by atoms with Gasteiger partial charge in [-0.25, -0.2) is 0 Å². The standard InChI is InChI=1S/C16H25N/c1-12-4-6-15(7-5-12)11-16(17)9-13(2)8-14(3)10-16/h4-7,13-14H,8-11,17H2,1-3H3. The van der Waals surface area contributed by atoms with Crippen LogP contribution in [0.1, 0.15) is 44.2 Å². The number of hydrogen-bond acceptors (Lipinski definition) is 1. The number of benzene rings is 1. The van der Waals surface area contributed by atoms with Crippen LogP contribution in [-0.4, -0.2) is 5.54 Å². The maximum absolute atomic E-state index is 6.61. The molecule has 2 N–H and O–H groups in total. The Bertz CT molecular complexity index is 356. The van der Waals surface area contributed by atoms with Crippen LogP contribution in [0.15, 0.2) is 24.3 Å². The van der Waals surface area contributed by atoms with Gasteiger partial charge in [0.05, 0.1) is 0 Å². The second-order valence-corrected chi connectivity index (χ2v) is 6.38. The van der Waals surface area contributed by atoms with Gasteiger partial charge in [-0.05, 0) is 50.0 Å². The van der Waals surface area contributed by atoms with Crippen LogP contribution in [0, 0.1) is 18.8 Å². The molecule has 2 rings (SSSR count). The fourth-order valence-corrected chi connectivity index (χ4v) is 3.58. The molecule has 2 unspecified atom stereocenters. The van der Waals surface area contributed by atoms with Crippen LogP contribution in [-0.2, 0) is 6.42 Å². The lowest BCUT2D eigenvalue weighted by atomic mass is 9.70. The van der Waals surface area contributed by atoms with Gasteiger partial charge in [0, 0.05) is 5.54 Å². The molecule has 94 valence electrons. The largest absolute Gasteiger partial charge is 0.325 e. The molecule has 1 heteroatoms. The van der Waals surface area contributed by atoms with Crippen LogP contribution in [0.2, 0.25) is 0 Å². The van der Waals surface area contributed by atoms with Gasteiger partial charge in [0.2, 0.25) is 0 Å². The predicted molar refractivity (Wildman–Crippen MR) is 74.0 cm³/mol. The van der Waals surface area contributed by atoms with Crippen molar-refractivity contribution in [1.29, 1.82) is 0 Å². The van der Waals surface area contributed by atoms with Gasteiger partial charge in [-0.15, -0.1) is 0 Å². The monoisotopic (exact) mass is 231 g/mol. The molecule has 0 aliphatic heterocycles. The smallest absolute Gasteiger partial charge is 0.0200 e. The minimum atomic E-state index is 0.0202. The summed E-state index contributed by atoms with van der Waals surface area (Å²) in [7, 11) is 0. The molecular weight excluding hydrogens is 206 g/mol. The molecule has 0 heterocycles. The highest BCUT2D eigenvalue weighted by Crippen LogP contribution is 2.36. The van der Waals surface area contributed by atoms with Gasteiger partial charge >= 0.3 is 0 Å². The molecular formula is C16H25N. The maximum Gasteiger partial charge on any atom is 0.0200 e. The van der Waals surface area contributed by atoms with Crippen molar-refractivity contribution in [3.05, 3.63) is 35.4 Å². The number of nitrogens with two attached hydrogens (primary N) is 1. The van der Waals surface area contributed by atoms with Crippen molar-refractivity contribution in [2.24, 2.45) is 17.6 Å². The Kier molecular flexibility index (Phi) is 3.58. The van der Waals surface area contributed by atoms with Crippen molar-refractivity contribution in [3.8, 4) is 0 Å². The first-order valence-corrected chi connectivity index (χ1v) is 6.81. The van der Waals surface area contributed by atoms with Gasteiger partial charge in [0.1, 0.15) is 0 Å². The molecule has 1 nitrogen and oxygen atoms in total. The second kappa shape index (κ2) is 4.81. The molecule has 0 radical (unpaired) electrons. The maximum atomic E-state index is 6.61. The Balaban J connectivity index is 2.08. The van der Waals surface area contributed by atoms with E-state index in [1.54, 1.807) is 0 Å².